The van der Waals surface area contributed by atoms with Crippen LogP contribution in [0.15, 0.2) is 54.6 Å². The fourth-order valence-electron chi connectivity index (χ4n) is 3.73. The van der Waals surface area contributed by atoms with Gasteiger partial charge < -0.3 is 4.74 Å². The van der Waals surface area contributed by atoms with E-state index < -0.39 is 0 Å². The minimum absolute atomic E-state index is 0.709. The highest BCUT2D eigenvalue weighted by Gasteiger charge is 2.10. The van der Waals surface area contributed by atoms with Crippen LogP contribution in [0.25, 0.3) is 32.3 Å². The summed E-state index contributed by atoms with van der Waals surface area (Å²) < 4.78 is 5.96. The number of ether oxygens (including phenoxy) is 1. The van der Waals surface area contributed by atoms with Gasteiger partial charge in [-0.05, 0) is 44.3 Å². The van der Waals surface area contributed by atoms with Crippen LogP contribution in [0.4, 0.5) is 0 Å². The number of rotatable bonds is 7. The van der Waals surface area contributed by atoms with Crippen LogP contribution in [0.1, 0.15) is 38.2 Å². The molecule has 0 saturated heterocycles. The summed E-state index contributed by atoms with van der Waals surface area (Å²) in [6, 6.07) is 20.0. The Morgan fingerprint density at radius 1 is 0.708 bits per heavy atom. The van der Waals surface area contributed by atoms with E-state index in [1.54, 1.807) is 0 Å². The van der Waals surface area contributed by atoms with E-state index in [9.17, 15) is 0 Å². The fourth-order valence-corrected chi connectivity index (χ4v) is 3.73. The molecule has 0 aliphatic rings. The van der Waals surface area contributed by atoms with Crippen LogP contribution in [-0.4, -0.2) is 6.61 Å². The van der Waals surface area contributed by atoms with Crippen molar-refractivity contribution in [3.8, 4) is 0 Å². The normalized spacial score (nSPS) is 11.9. The highest BCUT2D eigenvalue weighted by Crippen LogP contribution is 2.36. The SMILES string of the molecule is CCCCCCOCc1ccc2ccc3cccc4ccc1c2c34. The molecule has 0 spiro atoms. The van der Waals surface area contributed by atoms with E-state index in [0.717, 1.165) is 6.61 Å². The number of hydrogen-bond acceptors (Lipinski definition) is 1. The van der Waals surface area contributed by atoms with Gasteiger partial charge in [-0.25, -0.2) is 0 Å². The van der Waals surface area contributed by atoms with E-state index >= 15 is 0 Å². The van der Waals surface area contributed by atoms with E-state index in [1.165, 1.54) is 63.6 Å². The molecule has 0 heterocycles. The monoisotopic (exact) mass is 316 g/mol. The largest absolute Gasteiger partial charge is 0.377 e. The maximum atomic E-state index is 5.96. The Kier molecular flexibility index (Phi) is 4.36. The van der Waals surface area contributed by atoms with Crippen molar-refractivity contribution in [3.63, 3.8) is 0 Å². The zero-order valence-corrected chi connectivity index (χ0v) is 14.3. The first-order chi connectivity index (χ1) is 11.9. The zero-order valence-electron chi connectivity index (χ0n) is 14.3. The Bertz CT molecular complexity index is 938. The van der Waals surface area contributed by atoms with E-state index in [-0.39, 0.29) is 0 Å². The Balaban J connectivity index is 1.67. The van der Waals surface area contributed by atoms with Crippen LogP contribution in [0.3, 0.4) is 0 Å². The minimum atomic E-state index is 0.709. The van der Waals surface area contributed by atoms with Crippen molar-refractivity contribution in [2.24, 2.45) is 0 Å². The van der Waals surface area contributed by atoms with Crippen molar-refractivity contribution in [3.05, 3.63) is 60.2 Å². The number of hydrogen-bond donors (Lipinski definition) is 0. The molecule has 4 rings (SSSR count). The maximum absolute atomic E-state index is 5.96. The first-order valence-corrected chi connectivity index (χ1v) is 9.11. The van der Waals surface area contributed by atoms with Crippen LogP contribution in [0.2, 0.25) is 0 Å². The van der Waals surface area contributed by atoms with Crippen molar-refractivity contribution in [2.45, 2.75) is 39.2 Å². The van der Waals surface area contributed by atoms with E-state index in [0.29, 0.717) is 6.61 Å². The van der Waals surface area contributed by atoms with Gasteiger partial charge >= 0.3 is 0 Å². The van der Waals surface area contributed by atoms with E-state index in [2.05, 4.69) is 61.5 Å². The van der Waals surface area contributed by atoms with Gasteiger partial charge in [0.25, 0.3) is 0 Å². The molecular formula is C23H24O. The summed E-state index contributed by atoms with van der Waals surface area (Å²) >= 11 is 0. The molecule has 0 amide bonds. The molecule has 4 aromatic carbocycles. The molecule has 0 aliphatic carbocycles. The second-order valence-corrected chi connectivity index (χ2v) is 6.69. The molecule has 0 saturated carbocycles. The number of benzene rings is 4. The summed E-state index contributed by atoms with van der Waals surface area (Å²) in [5.74, 6) is 0. The van der Waals surface area contributed by atoms with Crippen LogP contribution < -0.4 is 0 Å². The maximum Gasteiger partial charge on any atom is 0.0722 e. The molecule has 0 bridgehead atoms. The molecular weight excluding hydrogens is 292 g/mol. The summed E-state index contributed by atoms with van der Waals surface area (Å²) in [6.45, 7) is 3.81. The third-order valence-electron chi connectivity index (χ3n) is 5.02. The van der Waals surface area contributed by atoms with Gasteiger partial charge in [-0.2, -0.15) is 0 Å². The van der Waals surface area contributed by atoms with Gasteiger partial charge in [-0.15, -0.1) is 0 Å². The number of unbranched alkanes of at least 4 members (excludes halogenated alkanes) is 3. The smallest absolute Gasteiger partial charge is 0.0722 e. The first-order valence-electron chi connectivity index (χ1n) is 9.11. The van der Waals surface area contributed by atoms with Crippen molar-refractivity contribution in [2.75, 3.05) is 6.61 Å². The molecule has 0 fully saturated rings. The lowest BCUT2D eigenvalue weighted by Crippen LogP contribution is -1.97. The highest BCUT2D eigenvalue weighted by atomic mass is 16.5. The van der Waals surface area contributed by atoms with Gasteiger partial charge in [0, 0.05) is 6.61 Å². The van der Waals surface area contributed by atoms with Gasteiger partial charge in [-0.3, -0.25) is 0 Å². The molecule has 122 valence electrons. The van der Waals surface area contributed by atoms with Gasteiger partial charge in [0.2, 0.25) is 0 Å². The Hall–Kier alpha value is -2.12. The molecule has 0 atom stereocenters. The fraction of sp³-hybridized carbons (Fsp3) is 0.304. The Labute approximate surface area is 143 Å². The molecule has 0 radical (unpaired) electrons. The van der Waals surface area contributed by atoms with Crippen LogP contribution in [0, 0.1) is 0 Å². The van der Waals surface area contributed by atoms with Gasteiger partial charge in [0.05, 0.1) is 6.61 Å². The molecule has 0 N–H and O–H groups in total. The Morgan fingerprint density at radius 2 is 1.42 bits per heavy atom. The molecule has 0 unspecified atom stereocenters. The lowest BCUT2D eigenvalue weighted by molar-refractivity contribution is 0.117. The average Bonchev–Trinajstić information content (AvgIpc) is 2.63. The van der Waals surface area contributed by atoms with Gasteiger partial charge in [0.1, 0.15) is 0 Å². The lowest BCUT2D eigenvalue weighted by atomic mass is 9.92. The summed E-state index contributed by atoms with van der Waals surface area (Å²) in [7, 11) is 0. The molecule has 0 aliphatic heterocycles. The highest BCUT2D eigenvalue weighted by molar-refractivity contribution is 6.23. The second-order valence-electron chi connectivity index (χ2n) is 6.69. The van der Waals surface area contributed by atoms with E-state index in [4.69, 9.17) is 4.74 Å². The predicted octanol–water partition coefficient (Wildman–Crippen LogP) is 6.68. The van der Waals surface area contributed by atoms with Crippen molar-refractivity contribution >= 4 is 32.3 Å². The van der Waals surface area contributed by atoms with Crippen LogP contribution in [0.5, 0.6) is 0 Å². The van der Waals surface area contributed by atoms with Crippen LogP contribution in [-0.2, 0) is 11.3 Å². The second kappa shape index (κ2) is 6.78. The molecule has 4 aromatic rings. The molecule has 1 nitrogen and oxygen atoms in total. The third kappa shape index (κ3) is 2.74. The molecule has 24 heavy (non-hydrogen) atoms. The standard InChI is InChI=1S/C23H24O/c1-2-3-4-5-15-24-16-20-12-11-19-10-9-17-7-6-8-18-13-14-21(20)23(19)22(17)18/h6-14H,2-5,15-16H2,1H3. The van der Waals surface area contributed by atoms with E-state index in [1.807, 2.05) is 0 Å². The van der Waals surface area contributed by atoms with Crippen molar-refractivity contribution < 1.29 is 4.74 Å². The van der Waals surface area contributed by atoms with Crippen molar-refractivity contribution in [1.29, 1.82) is 0 Å². The summed E-state index contributed by atoms with van der Waals surface area (Å²) in [6.07, 6.45) is 5.02. The summed E-state index contributed by atoms with van der Waals surface area (Å²) in [5, 5.41) is 8.08. The van der Waals surface area contributed by atoms with Crippen molar-refractivity contribution in [1.82, 2.24) is 0 Å². The average molecular weight is 316 g/mol. The molecule has 0 aromatic heterocycles. The topological polar surface area (TPSA) is 9.23 Å². The third-order valence-corrected chi connectivity index (χ3v) is 5.02. The lowest BCUT2D eigenvalue weighted by Gasteiger charge is -2.14. The van der Waals surface area contributed by atoms with Crippen LogP contribution >= 0.6 is 0 Å². The van der Waals surface area contributed by atoms with Gasteiger partial charge in [-0.1, -0.05) is 80.8 Å². The van der Waals surface area contributed by atoms with Gasteiger partial charge in [0.15, 0.2) is 0 Å². The molecule has 1 heteroatoms. The summed E-state index contributed by atoms with van der Waals surface area (Å²) in [4.78, 5) is 0. The predicted molar refractivity (Wildman–Crippen MR) is 104 cm³/mol. The zero-order chi connectivity index (χ0) is 16.4. The summed E-state index contributed by atoms with van der Waals surface area (Å²) in [5.41, 5.74) is 1.30. The minimum Gasteiger partial charge on any atom is -0.377 e. The quantitative estimate of drug-likeness (QED) is 0.273. The Morgan fingerprint density at radius 3 is 2.21 bits per heavy atom. The first kappa shape index (κ1) is 15.4.